The van der Waals surface area contributed by atoms with Gasteiger partial charge >= 0.3 is 0 Å². The smallest absolute Gasteiger partial charge is 0.120 e. The molecule has 0 unspecified atom stereocenters. The molecule has 98 valence electrons. The first-order chi connectivity index (χ1) is 9.02. The summed E-state index contributed by atoms with van der Waals surface area (Å²) in [6.07, 6.45) is 0. The standard InChI is InChI=1S/C15H16BrN3/c1-10-4-5-14(16)15(6-10)18-9-12-7-13(8-17)19(3)11(12)2/h4-7,18H,9H2,1-3H3. The molecule has 0 aliphatic rings. The van der Waals surface area contributed by atoms with Crippen molar-refractivity contribution in [3.8, 4) is 6.07 Å². The Kier molecular flexibility index (Phi) is 3.96. The average molecular weight is 318 g/mol. The molecular weight excluding hydrogens is 302 g/mol. The van der Waals surface area contributed by atoms with Crippen LogP contribution in [0.1, 0.15) is 22.5 Å². The zero-order valence-electron chi connectivity index (χ0n) is 11.3. The van der Waals surface area contributed by atoms with Crippen molar-refractivity contribution in [3.63, 3.8) is 0 Å². The van der Waals surface area contributed by atoms with Gasteiger partial charge in [-0.25, -0.2) is 0 Å². The van der Waals surface area contributed by atoms with E-state index in [4.69, 9.17) is 5.26 Å². The molecule has 0 spiro atoms. The van der Waals surface area contributed by atoms with Crippen LogP contribution < -0.4 is 5.32 Å². The second-order valence-electron chi connectivity index (χ2n) is 4.65. The highest BCUT2D eigenvalue weighted by molar-refractivity contribution is 9.10. The number of nitrogens with one attached hydrogen (secondary N) is 1. The number of rotatable bonds is 3. The highest BCUT2D eigenvalue weighted by Gasteiger charge is 2.08. The second kappa shape index (κ2) is 5.50. The first-order valence-corrected chi connectivity index (χ1v) is 6.87. The van der Waals surface area contributed by atoms with E-state index in [1.165, 1.54) is 5.56 Å². The van der Waals surface area contributed by atoms with Crippen LogP contribution in [0.3, 0.4) is 0 Å². The minimum Gasteiger partial charge on any atom is -0.380 e. The van der Waals surface area contributed by atoms with Gasteiger partial charge in [-0.05, 0) is 59.1 Å². The number of hydrogen-bond donors (Lipinski definition) is 1. The van der Waals surface area contributed by atoms with E-state index in [-0.39, 0.29) is 0 Å². The van der Waals surface area contributed by atoms with E-state index in [9.17, 15) is 0 Å². The van der Waals surface area contributed by atoms with E-state index in [0.29, 0.717) is 12.2 Å². The van der Waals surface area contributed by atoms with Gasteiger partial charge < -0.3 is 9.88 Å². The highest BCUT2D eigenvalue weighted by atomic mass is 79.9. The Labute approximate surface area is 122 Å². The van der Waals surface area contributed by atoms with Gasteiger partial charge in [0.05, 0.1) is 0 Å². The zero-order valence-corrected chi connectivity index (χ0v) is 12.9. The Morgan fingerprint density at radius 1 is 1.32 bits per heavy atom. The average Bonchev–Trinajstić information content (AvgIpc) is 2.67. The molecule has 19 heavy (non-hydrogen) atoms. The third kappa shape index (κ3) is 2.82. The molecule has 4 heteroatoms. The van der Waals surface area contributed by atoms with Crippen molar-refractivity contribution >= 4 is 21.6 Å². The number of halogens is 1. The molecule has 0 radical (unpaired) electrons. The molecule has 1 aromatic heterocycles. The molecule has 0 amide bonds. The topological polar surface area (TPSA) is 40.8 Å². The van der Waals surface area contributed by atoms with Gasteiger partial charge in [0.25, 0.3) is 0 Å². The van der Waals surface area contributed by atoms with Crippen molar-refractivity contribution in [1.82, 2.24) is 4.57 Å². The molecule has 2 rings (SSSR count). The predicted octanol–water partition coefficient (Wildman–Crippen LogP) is 3.89. The van der Waals surface area contributed by atoms with Crippen LogP contribution in [0.15, 0.2) is 28.7 Å². The van der Waals surface area contributed by atoms with Crippen LogP contribution in [-0.2, 0) is 13.6 Å². The van der Waals surface area contributed by atoms with E-state index in [0.717, 1.165) is 21.4 Å². The Morgan fingerprint density at radius 2 is 2.05 bits per heavy atom. The van der Waals surface area contributed by atoms with Gasteiger partial charge in [-0.15, -0.1) is 0 Å². The predicted molar refractivity (Wildman–Crippen MR) is 81.1 cm³/mol. The lowest BCUT2D eigenvalue weighted by molar-refractivity contribution is 0.856. The summed E-state index contributed by atoms with van der Waals surface area (Å²) in [5.74, 6) is 0. The fourth-order valence-corrected chi connectivity index (χ4v) is 2.40. The van der Waals surface area contributed by atoms with Crippen LogP contribution in [0.5, 0.6) is 0 Å². The van der Waals surface area contributed by atoms with Gasteiger partial charge in [-0.3, -0.25) is 0 Å². The van der Waals surface area contributed by atoms with E-state index in [1.54, 1.807) is 0 Å². The number of anilines is 1. The molecule has 1 heterocycles. The number of aryl methyl sites for hydroxylation is 1. The summed E-state index contributed by atoms with van der Waals surface area (Å²) in [5, 5.41) is 12.4. The van der Waals surface area contributed by atoms with Crippen molar-refractivity contribution in [2.75, 3.05) is 5.32 Å². The molecule has 0 fully saturated rings. The first-order valence-electron chi connectivity index (χ1n) is 6.08. The lowest BCUT2D eigenvalue weighted by atomic mass is 10.2. The molecule has 1 N–H and O–H groups in total. The van der Waals surface area contributed by atoms with Crippen LogP contribution in [0, 0.1) is 25.2 Å². The van der Waals surface area contributed by atoms with E-state index in [1.807, 2.05) is 30.7 Å². The van der Waals surface area contributed by atoms with Crippen molar-refractivity contribution < 1.29 is 0 Å². The summed E-state index contributed by atoms with van der Waals surface area (Å²) >= 11 is 3.54. The van der Waals surface area contributed by atoms with Crippen LogP contribution in [0.4, 0.5) is 5.69 Å². The maximum absolute atomic E-state index is 9.02. The van der Waals surface area contributed by atoms with Gasteiger partial charge in [-0.1, -0.05) is 6.07 Å². The van der Waals surface area contributed by atoms with Gasteiger partial charge in [-0.2, -0.15) is 5.26 Å². The largest absolute Gasteiger partial charge is 0.380 e. The molecule has 0 atom stereocenters. The van der Waals surface area contributed by atoms with Crippen LogP contribution in [-0.4, -0.2) is 4.57 Å². The second-order valence-corrected chi connectivity index (χ2v) is 5.50. The maximum atomic E-state index is 9.02. The van der Waals surface area contributed by atoms with Crippen molar-refractivity contribution in [1.29, 1.82) is 5.26 Å². The molecular formula is C15H16BrN3. The molecule has 0 aliphatic carbocycles. The number of hydrogen-bond acceptors (Lipinski definition) is 2. The Balaban J connectivity index is 2.19. The highest BCUT2D eigenvalue weighted by Crippen LogP contribution is 2.24. The van der Waals surface area contributed by atoms with E-state index in [2.05, 4.69) is 46.4 Å². The number of nitriles is 1. The molecule has 1 aromatic carbocycles. The minimum atomic E-state index is 0.692. The molecule has 3 nitrogen and oxygen atoms in total. The van der Waals surface area contributed by atoms with Gasteiger partial charge in [0.2, 0.25) is 0 Å². The van der Waals surface area contributed by atoms with Crippen LogP contribution >= 0.6 is 15.9 Å². The normalized spacial score (nSPS) is 10.3. The molecule has 0 saturated heterocycles. The van der Waals surface area contributed by atoms with Crippen molar-refractivity contribution in [2.24, 2.45) is 7.05 Å². The first kappa shape index (κ1) is 13.7. The van der Waals surface area contributed by atoms with Crippen molar-refractivity contribution in [2.45, 2.75) is 20.4 Å². The van der Waals surface area contributed by atoms with Gasteiger partial charge in [0.1, 0.15) is 11.8 Å². The summed E-state index contributed by atoms with van der Waals surface area (Å²) in [7, 11) is 1.92. The van der Waals surface area contributed by atoms with Crippen LogP contribution in [0.2, 0.25) is 0 Å². The molecule has 0 saturated carbocycles. The number of nitrogens with zero attached hydrogens (tertiary/aromatic N) is 2. The van der Waals surface area contributed by atoms with Gasteiger partial charge in [0, 0.05) is 29.4 Å². The Hall–Kier alpha value is -1.73. The summed E-state index contributed by atoms with van der Waals surface area (Å²) < 4.78 is 2.97. The summed E-state index contributed by atoms with van der Waals surface area (Å²) in [6.45, 7) is 4.81. The van der Waals surface area contributed by atoms with E-state index < -0.39 is 0 Å². The zero-order chi connectivity index (χ0) is 14.0. The monoisotopic (exact) mass is 317 g/mol. The van der Waals surface area contributed by atoms with Crippen LogP contribution in [0.25, 0.3) is 0 Å². The molecule has 0 aliphatic heterocycles. The third-order valence-electron chi connectivity index (χ3n) is 3.35. The lowest BCUT2D eigenvalue weighted by Crippen LogP contribution is -2.02. The molecule has 2 aromatic rings. The molecule has 0 bridgehead atoms. The fourth-order valence-electron chi connectivity index (χ4n) is 2.01. The Bertz CT molecular complexity index is 650. The quantitative estimate of drug-likeness (QED) is 0.933. The number of benzene rings is 1. The van der Waals surface area contributed by atoms with E-state index >= 15 is 0 Å². The lowest BCUT2D eigenvalue weighted by Gasteiger charge is -2.09. The minimum absolute atomic E-state index is 0.692. The SMILES string of the molecule is Cc1ccc(Br)c(NCc2cc(C#N)n(C)c2C)c1. The fraction of sp³-hybridized carbons (Fsp3) is 0.267. The summed E-state index contributed by atoms with van der Waals surface area (Å²) in [6, 6.07) is 10.3. The number of aromatic nitrogens is 1. The third-order valence-corrected chi connectivity index (χ3v) is 4.04. The Morgan fingerprint density at radius 3 is 2.68 bits per heavy atom. The maximum Gasteiger partial charge on any atom is 0.120 e. The summed E-state index contributed by atoms with van der Waals surface area (Å²) in [4.78, 5) is 0. The van der Waals surface area contributed by atoms with Crippen molar-refractivity contribution in [3.05, 3.63) is 51.3 Å². The van der Waals surface area contributed by atoms with Gasteiger partial charge in [0.15, 0.2) is 0 Å². The summed E-state index contributed by atoms with van der Waals surface area (Å²) in [5.41, 5.74) is 5.24.